The smallest absolute Gasteiger partial charge is 0.286 e. The van der Waals surface area contributed by atoms with Crippen LogP contribution in [0.2, 0.25) is 0 Å². The second-order valence-corrected chi connectivity index (χ2v) is 4.17. The Morgan fingerprint density at radius 1 is 1.56 bits per heavy atom. The average molecular weight is 227 g/mol. The Bertz CT molecular complexity index is 269. The number of allylic oxidation sites excluding steroid dienone is 1. The fourth-order valence-corrected chi connectivity index (χ4v) is 1.55. The van der Waals surface area contributed by atoms with Gasteiger partial charge in [0.05, 0.1) is 12.2 Å². The Morgan fingerprint density at radius 3 is 2.75 bits per heavy atom. The van der Waals surface area contributed by atoms with Crippen molar-refractivity contribution in [3.63, 3.8) is 0 Å². The fraction of sp³-hybridized carbons (Fsp3) is 0.750. The molecule has 92 valence electrons. The summed E-state index contributed by atoms with van der Waals surface area (Å²) in [5, 5.41) is 12.7. The number of carbonyl (C=O) groups is 1. The van der Waals surface area contributed by atoms with Crippen LogP contribution in [0.25, 0.3) is 0 Å². The maximum absolute atomic E-state index is 11.7. The quantitative estimate of drug-likeness (QED) is 0.745. The van der Waals surface area contributed by atoms with Gasteiger partial charge in [-0.15, -0.1) is 0 Å². The van der Waals surface area contributed by atoms with Crippen molar-refractivity contribution in [1.82, 2.24) is 5.32 Å². The maximum Gasteiger partial charge on any atom is 0.286 e. The predicted octanol–water partition coefficient (Wildman–Crippen LogP) is 1.35. The van der Waals surface area contributed by atoms with Crippen molar-refractivity contribution in [2.45, 2.75) is 45.1 Å². The number of rotatable bonds is 5. The molecule has 4 heteroatoms. The molecule has 0 aromatic carbocycles. The first-order chi connectivity index (χ1) is 7.61. The Hall–Kier alpha value is -1.03. The van der Waals surface area contributed by atoms with Crippen LogP contribution in [0.15, 0.2) is 11.8 Å². The van der Waals surface area contributed by atoms with Crippen molar-refractivity contribution in [3.05, 3.63) is 11.8 Å². The molecular weight excluding hydrogens is 206 g/mol. The molecule has 1 aliphatic rings. The van der Waals surface area contributed by atoms with Gasteiger partial charge in [-0.2, -0.15) is 0 Å². The van der Waals surface area contributed by atoms with E-state index in [0.29, 0.717) is 25.2 Å². The first kappa shape index (κ1) is 13.0. The Morgan fingerprint density at radius 2 is 2.25 bits per heavy atom. The minimum atomic E-state index is -0.801. The minimum absolute atomic E-state index is 0.222. The van der Waals surface area contributed by atoms with E-state index in [-0.39, 0.29) is 12.5 Å². The summed E-state index contributed by atoms with van der Waals surface area (Å²) in [6.07, 6.45) is 4.91. The van der Waals surface area contributed by atoms with Crippen molar-refractivity contribution in [2.24, 2.45) is 0 Å². The topological polar surface area (TPSA) is 58.6 Å². The van der Waals surface area contributed by atoms with Gasteiger partial charge in [-0.25, -0.2) is 0 Å². The lowest BCUT2D eigenvalue weighted by Gasteiger charge is -2.25. The molecule has 0 radical (unpaired) electrons. The van der Waals surface area contributed by atoms with Crippen LogP contribution in [0, 0.1) is 0 Å². The number of amides is 1. The van der Waals surface area contributed by atoms with E-state index in [1.54, 1.807) is 6.08 Å². The van der Waals surface area contributed by atoms with Gasteiger partial charge in [0.1, 0.15) is 0 Å². The van der Waals surface area contributed by atoms with Crippen LogP contribution in [0.1, 0.15) is 39.5 Å². The summed E-state index contributed by atoms with van der Waals surface area (Å²) < 4.78 is 5.24. The lowest BCUT2D eigenvalue weighted by atomic mass is 9.97. The summed E-state index contributed by atoms with van der Waals surface area (Å²) in [5.41, 5.74) is -0.801. The number of aliphatic hydroxyl groups is 1. The van der Waals surface area contributed by atoms with Gasteiger partial charge in [0.15, 0.2) is 5.76 Å². The average Bonchev–Trinajstić information content (AvgIpc) is 2.36. The van der Waals surface area contributed by atoms with Crippen LogP contribution >= 0.6 is 0 Å². The zero-order chi connectivity index (χ0) is 12.0. The highest BCUT2D eigenvalue weighted by atomic mass is 16.5. The molecule has 0 bridgehead atoms. The number of hydrogen-bond donors (Lipinski definition) is 2. The Labute approximate surface area is 96.7 Å². The highest BCUT2D eigenvalue weighted by Crippen LogP contribution is 2.14. The molecule has 1 heterocycles. The number of carbonyl (C=O) groups excluding carboxylic acids is 1. The third kappa shape index (κ3) is 3.52. The fourth-order valence-electron chi connectivity index (χ4n) is 1.55. The first-order valence-electron chi connectivity index (χ1n) is 5.95. The molecular formula is C12H21NO3. The molecule has 4 nitrogen and oxygen atoms in total. The SMILES string of the molecule is CCC(O)(CC)CNC(=O)C1=CCCCO1. The Balaban J connectivity index is 2.42. The van der Waals surface area contributed by atoms with E-state index in [2.05, 4.69) is 5.32 Å². The van der Waals surface area contributed by atoms with Gasteiger partial charge in [0.25, 0.3) is 5.91 Å². The number of ether oxygens (including phenoxy) is 1. The summed E-state index contributed by atoms with van der Waals surface area (Å²) in [6.45, 7) is 4.70. The highest BCUT2D eigenvalue weighted by molar-refractivity contribution is 5.91. The van der Waals surface area contributed by atoms with E-state index in [9.17, 15) is 9.90 Å². The van der Waals surface area contributed by atoms with Crippen molar-refractivity contribution in [3.8, 4) is 0 Å². The van der Waals surface area contributed by atoms with Gasteiger partial charge in [0, 0.05) is 6.54 Å². The molecule has 1 amide bonds. The molecule has 1 rings (SSSR count). The van der Waals surface area contributed by atoms with E-state index in [1.807, 2.05) is 13.8 Å². The largest absolute Gasteiger partial charge is 0.488 e. The van der Waals surface area contributed by atoms with Gasteiger partial charge >= 0.3 is 0 Å². The standard InChI is InChI=1S/C12H21NO3/c1-3-12(15,4-2)9-13-11(14)10-7-5-6-8-16-10/h7,15H,3-6,8-9H2,1-2H3,(H,13,14). The first-order valence-corrected chi connectivity index (χ1v) is 5.95. The van der Waals surface area contributed by atoms with Crippen molar-refractivity contribution in [2.75, 3.05) is 13.2 Å². The molecule has 0 aromatic heterocycles. The van der Waals surface area contributed by atoms with E-state index in [1.165, 1.54) is 0 Å². The zero-order valence-electron chi connectivity index (χ0n) is 10.1. The molecule has 0 aromatic rings. The summed E-state index contributed by atoms with van der Waals surface area (Å²) in [5.74, 6) is 0.167. The molecule has 0 saturated heterocycles. The third-order valence-electron chi connectivity index (χ3n) is 3.05. The Kier molecular flexibility index (Phi) is 4.80. The monoisotopic (exact) mass is 227 g/mol. The molecule has 0 atom stereocenters. The van der Waals surface area contributed by atoms with E-state index < -0.39 is 5.60 Å². The third-order valence-corrected chi connectivity index (χ3v) is 3.05. The van der Waals surface area contributed by atoms with Crippen LogP contribution in [-0.4, -0.2) is 29.8 Å². The van der Waals surface area contributed by atoms with E-state index in [0.717, 1.165) is 12.8 Å². The molecule has 1 aliphatic heterocycles. The van der Waals surface area contributed by atoms with Crippen LogP contribution < -0.4 is 5.32 Å². The lowest BCUT2D eigenvalue weighted by Crippen LogP contribution is -2.42. The predicted molar refractivity (Wildman–Crippen MR) is 61.8 cm³/mol. The van der Waals surface area contributed by atoms with Gasteiger partial charge in [-0.1, -0.05) is 13.8 Å². The van der Waals surface area contributed by atoms with E-state index in [4.69, 9.17) is 4.74 Å². The van der Waals surface area contributed by atoms with Gasteiger partial charge in [-0.3, -0.25) is 4.79 Å². The molecule has 0 spiro atoms. The van der Waals surface area contributed by atoms with Crippen LogP contribution in [0.5, 0.6) is 0 Å². The van der Waals surface area contributed by atoms with Crippen molar-refractivity contribution >= 4 is 5.91 Å². The molecule has 2 N–H and O–H groups in total. The van der Waals surface area contributed by atoms with Crippen molar-refractivity contribution < 1.29 is 14.6 Å². The van der Waals surface area contributed by atoms with Crippen molar-refractivity contribution in [1.29, 1.82) is 0 Å². The molecule has 16 heavy (non-hydrogen) atoms. The second-order valence-electron chi connectivity index (χ2n) is 4.17. The van der Waals surface area contributed by atoms with Gasteiger partial charge < -0.3 is 15.2 Å². The van der Waals surface area contributed by atoms with Crippen LogP contribution in [0.4, 0.5) is 0 Å². The van der Waals surface area contributed by atoms with Crippen LogP contribution in [-0.2, 0) is 9.53 Å². The maximum atomic E-state index is 11.7. The summed E-state index contributed by atoms with van der Waals surface area (Å²) in [7, 11) is 0. The van der Waals surface area contributed by atoms with Gasteiger partial charge in [0.2, 0.25) is 0 Å². The minimum Gasteiger partial charge on any atom is -0.488 e. The number of hydrogen-bond acceptors (Lipinski definition) is 3. The van der Waals surface area contributed by atoms with E-state index >= 15 is 0 Å². The highest BCUT2D eigenvalue weighted by Gasteiger charge is 2.24. The summed E-state index contributed by atoms with van der Waals surface area (Å²) in [6, 6.07) is 0. The summed E-state index contributed by atoms with van der Waals surface area (Å²) >= 11 is 0. The molecule has 0 fully saturated rings. The molecule has 0 saturated carbocycles. The summed E-state index contributed by atoms with van der Waals surface area (Å²) in [4.78, 5) is 11.7. The second kappa shape index (κ2) is 5.89. The normalized spacial score (nSPS) is 16.3. The number of nitrogens with one attached hydrogen (secondary N) is 1. The van der Waals surface area contributed by atoms with Gasteiger partial charge in [-0.05, 0) is 31.8 Å². The zero-order valence-corrected chi connectivity index (χ0v) is 10.1. The lowest BCUT2D eigenvalue weighted by molar-refractivity contribution is -0.122. The molecule has 0 aliphatic carbocycles. The molecule has 0 unspecified atom stereocenters. The van der Waals surface area contributed by atoms with Crippen LogP contribution in [0.3, 0.4) is 0 Å².